The van der Waals surface area contributed by atoms with Crippen LogP contribution >= 0.6 is 11.8 Å². The fourth-order valence-corrected chi connectivity index (χ4v) is 4.13. The number of benzene rings is 2. The molecule has 0 aliphatic carbocycles. The van der Waals surface area contributed by atoms with Gasteiger partial charge in [-0.15, -0.1) is 0 Å². The number of ether oxygens (including phenoxy) is 2. The highest BCUT2D eigenvalue weighted by Crippen LogP contribution is 2.38. The van der Waals surface area contributed by atoms with Crippen LogP contribution in [-0.2, 0) is 23.8 Å². The summed E-state index contributed by atoms with van der Waals surface area (Å²) in [5.74, 6) is -0.0780. The van der Waals surface area contributed by atoms with Crippen molar-refractivity contribution in [2.45, 2.75) is 25.4 Å². The lowest BCUT2D eigenvalue weighted by molar-refractivity contribution is -0.143. The molecule has 1 heterocycles. The first-order chi connectivity index (χ1) is 17.4. The minimum Gasteiger partial charge on any atom is -0.493 e. The summed E-state index contributed by atoms with van der Waals surface area (Å²) in [6, 6.07) is 5.90. The molecule has 0 radical (unpaired) electrons. The van der Waals surface area contributed by atoms with Gasteiger partial charge in [0.05, 0.1) is 23.1 Å². The van der Waals surface area contributed by atoms with Crippen LogP contribution in [0.1, 0.15) is 28.7 Å². The number of rotatable bonds is 9. The van der Waals surface area contributed by atoms with Crippen LogP contribution in [0, 0.1) is 0 Å². The van der Waals surface area contributed by atoms with Gasteiger partial charge < -0.3 is 20.1 Å². The maximum atomic E-state index is 13.4. The maximum absolute atomic E-state index is 13.4. The van der Waals surface area contributed by atoms with Gasteiger partial charge in [0, 0.05) is 12.1 Å². The topological polar surface area (TPSA) is 72.0 Å². The summed E-state index contributed by atoms with van der Waals surface area (Å²) in [5.41, 5.74) is -2.74. The van der Waals surface area contributed by atoms with Gasteiger partial charge in [0.25, 0.3) is 5.91 Å². The molecule has 1 amide bonds. The second-order valence-corrected chi connectivity index (χ2v) is 8.81. The van der Waals surface area contributed by atoms with Gasteiger partial charge in [0.1, 0.15) is 6.61 Å². The molecule has 2 N–H and O–H groups in total. The number of carbonyl (C=O) groups is 1. The van der Waals surface area contributed by atoms with Gasteiger partial charge >= 0.3 is 12.4 Å². The SMILES string of the molecule is CNCCCN=C1NC(=O)/C(=C\c2ccc(OCc3ccc(C(F)(F)F)cc3C(F)(F)F)c(OC)c2)S1. The zero-order valence-electron chi connectivity index (χ0n) is 19.7. The van der Waals surface area contributed by atoms with E-state index in [0.29, 0.717) is 28.2 Å². The van der Waals surface area contributed by atoms with Crippen molar-refractivity contribution in [1.29, 1.82) is 0 Å². The third kappa shape index (κ3) is 7.65. The number of methoxy groups -OCH3 is 1. The van der Waals surface area contributed by atoms with Crippen LogP contribution in [0.25, 0.3) is 6.08 Å². The van der Waals surface area contributed by atoms with E-state index in [1.165, 1.54) is 31.0 Å². The van der Waals surface area contributed by atoms with Crippen LogP contribution in [0.2, 0.25) is 0 Å². The molecule has 0 unspecified atom stereocenters. The van der Waals surface area contributed by atoms with Crippen LogP contribution in [0.15, 0.2) is 46.3 Å². The van der Waals surface area contributed by atoms with Crippen molar-refractivity contribution in [3.05, 3.63) is 63.6 Å². The van der Waals surface area contributed by atoms with Gasteiger partial charge in [-0.1, -0.05) is 12.1 Å². The van der Waals surface area contributed by atoms with Crippen molar-refractivity contribution in [3.63, 3.8) is 0 Å². The van der Waals surface area contributed by atoms with Crippen LogP contribution in [0.5, 0.6) is 11.5 Å². The summed E-state index contributed by atoms with van der Waals surface area (Å²) >= 11 is 1.17. The lowest BCUT2D eigenvalue weighted by Gasteiger charge is -2.17. The van der Waals surface area contributed by atoms with Gasteiger partial charge in [-0.3, -0.25) is 9.79 Å². The normalized spacial score (nSPS) is 16.4. The van der Waals surface area contributed by atoms with Crippen molar-refractivity contribution in [2.75, 3.05) is 27.2 Å². The molecular formula is C24H23F6N3O3S. The standard InChI is InChI=1S/C24H23F6N3O3S/c1-31-8-3-9-32-22-33-21(34)20(37-22)11-14-4-7-18(19(10-14)35-2)36-13-15-5-6-16(23(25,26)27)12-17(15)24(28,29)30/h4-7,10-12,31H,3,8-9,13H2,1-2H3,(H,32,33,34)/b20-11+. The van der Waals surface area contributed by atoms with Crippen molar-refractivity contribution in [1.82, 2.24) is 10.6 Å². The number of amidine groups is 1. The summed E-state index contributed by atoms with van der Waals surface area (Å²) in [4.78, 5) is 17.0. The van der Waals surface area contributed by atoms with E-state index < -0.39 is 35.6 Å². The fraction of sp³-hybridized carbons (Fsp3) is 0.333. The predicted octanol–water partition coefficient (Wildman–Crippen LogP) is 5.48. The highest BCUT2D eigenvalue weighted by molar-refractivity contribution is 8.18. The third-order valence-corrected chi connectivity index (χ3v) is 6.05. The van der Waals surface area contributed by atoms with E-state index in [2.05, 4.69) is 15.6 Å². The molecule has 200 valence electrons. The number of thioether (sulfide) groups is 1. The second kappa shape index (κ2) is 11.9. The molecule has 0 saturated carbocycles. The van der Waals surface area contributed by atoms with Gasteiger partial charge in [0.2, 0.25) is 0 Å². The van der Waals surface area contributed by atoms with Crippen molar-refractivity contribution < 1.29 is 40.6 Å². The van der Waals surface area contributed by atoms with Gasteiger partial charge in [-0.25, -0.2) is 0 Å². The molecule has 1 saturated heterocycles. The highest BCUT2D eigenvalue weighted by atomic mass is 32.2. The molecule has 1 aliphatic rings. The van der Waals surface area contributed by atoms with E-state index in [1.54, 1.807) is 12.1 Å². The van der Waals surface area contributed by atoms with Crippen molar-refractivity contribution in [2.24, 2.45) is 4.99 Å². The lowest BCUT2D eigenvalue weighted by atomic mass is 10.0. The van der Waals surface area contributed by atoms with E-state index >= 15 is 0 Å². The molecule has 0 spiro atoms. The summed E-state index contributed by atoms with van der Waals surface area (Å²) in [5, 5.41) is 6.17. The quantitative estimate of drug-likeness (QED) is 0.247. The summed E-state index contributed by atoms with van der Waals surface area (Å²) < 4.78 is 89.6. The maximum Gasteiger partial charge on any atom is 0.416 e. The van der Waals surface area contributed by atoms with Crippen LogP contribution in [0.4, 0.5) is 26.3 Å². The third-order valence-electron chi connectivity index (χ3n) is 5.10. The number of amides is 1. The number of nitrogens with zero attached hydrogens (tertiary/aromatic N) is 1. The first kappa shape index (κ1) is 28.4. The minimum atomic E-state index is -5.01. The Morgan fingerprint density at radius 2 is 1.81 bits per heavy atom. The summed E-state index contributed by atoms with van der Waals surface area (Å²) in [6.45, 7) is 0.698. The Labute approximate surface area is 213 Å². The molecule has 0 aromatic heterocycles. The van der Waals surface area contributed by atoms with Crippen LogP contribution in [-0.4, -0.2) is 38.3 Å². The van der Waals surface area contributed by atoms with Crippen molar-refractivity contribution in [3.8, 4) is 11.5 Å². The minimum absolute atomic E-state index is 0.0633. The second-order valence-electron chi connectivity index (χ2n) is 7.78. The first-order valence-electron chi connectivity index (χ1n) is 10.9. The van der Waals surface area contributed by atoms with E-state index in [9.17, 15) is 31.1 Å². The molecule has 6 nitrogen and oxygen atoms in total. The molecule has 2 aromatic rings. The molecular weight excluding hydrogens is 524 g/mol. The van der Waals surface area contributed by atoms with Gasteiger partial charge in [0.15, 0.2) is 16.7 Å². The fourth-order valence-electron chi connectivity index (χ4n) is 3.28. The number of halogens is 6. The summed E-state index contributed by atoms with van der Waals surface area (Å²) in [7, 11) is 3.16. The number of nitrogens with one attached hydrogen (secondary N) is 2. The lowest BCUT2D eigenvalue weighted by Crippen LogP contribution is -2.20. The first-order valence-corrected chi connectivity index (χ1v) is 11.7. The molecule has 1 aliphatic heterocycles. The summed E-state index contributed by atoms with van der Waals surface area (Å²) in [6.07, 6.45) is -7.51. The monoisotopic (exact) mass is 547 g/mol. The van der Waals surface area contributed by atoms with Gasteiger partial charge in [-0.2, -0.15) is 26.3 Å². The van der Waals surface area contributed by atoms with Gasteiger partial charge in [-0.05, 0) is 67.7 Å². The van der Waals surface area contributed by atoms with Crippen LogP contribution < -0.4 is 20.1 Å². The molecule has 37 heavy (non-hydrogen) atoms. The molecule has 0 bridgehead atoms. The average molecular weight is 548 g/mol. The van der Waals surface area contributed by atoms with E-state index in [1.807, 2.05) is 7.05 Å². The number of hydrogen-bond acceptors (Lipinski definition) is 6. The number of alkyl halides is 6. The average Bonchev–Trinajstić information content (AvgIpc) is 3.18. The molecule has 13 heteroatoms. The Morgan fingerprint density at radius 1 is 1.05 bits per heavy atom. The predicted molar refractivity (Wildman–Crippen MR) is 128 cm³/mol. The number of carbonyl (C=O) groups excluding carboxylic acids is 1. The van der Waals surface area contributed by atoms with E-state index in [-0.39, 0.29) is 23.5 Å². The molecule has 3 rings (SSSR count). The number of aliphatic imine (C=N–C) groups is 1. The Bertz CT molecular complexity index is 1200. The largest absolute Gasteiger partial charge is 0.493 e. The zero-order valence-corrected chi connectivity index (χ0v) is 20.5. The molecule has 2 aromatic carbocycles. The zero-order chi connectivity index (χ0) is 27.2. The Morgan fingerprint density at radius 3 is 2.46 bits per heavy atom. The Balaban J connectivity index is 1.76. The van der Waals surface area contributed by atoms with Crippen molar-refractivity contribution >= 4 is 28.9 Å². The smallest absolute Gasteiger partial charge is 0.416 e. The molecule has 0 atom stereocenters. The number of hydrogen-bond donors (Lipinski definition) is 2. The van der Waals surface area contributed by atoms with Crippen LogP contribution in [0.3, 0.4) is 0 Å². The highest BCUT2D eigenvalue weighted by Gasteiger charge is 2.38. The van der Waals surface area contributed by atoms with E-state index in [4.69, 9.17) is 9.47 Å². The molecule has 1 fully saturated rings. The Kier molecular flexibility index (Phi) is 9.13. The Hall–Kier alpha value is -3.19. The van der Waals surface area contributed by atoms with E-state index in [0.717, 1.165) is 19.0 Å².